The van der Waals surface area contributed by atoms with E-state index in [2.05, 4.69) is 24.0 Å². The van der Waals surface area contributed by atoms with Crippen LogP contribution in [-0.4, -0.2) is 64.7 Å². The number of para-hydroxylation sites is 1. The van der Waals surface area contributed by atoms with Crippen LogP contribution in [0.5, 0.6) is 0 Å². The fourth-order valence-electron chi connectivity index (χ4n) is 8.06. The highest BCUT2D eigenvalue weighted by atomic mass is 16.6. The molecule has 6 rings (SSSR count). The SMILES string of the molecule is CC[C@@]12CCCN3C(=O)C[C@]45c6ccccc6N(C)[C@H]4[C@](CO)(O[C@@]315)[C@H]2O. The van der Waals surface area contributed by atoms with E-state index in [1.54, 1.807) is 0 Å². The Morgan fingerprint density at radius 2 is 2.11 bits per heavy atom. The number of piperidine rings is 1. The molecule has 6 atom stereocenters. The number of carbonyl (C=O) groups excluding carboxylic acids is 1. The maximum atomic E-state index is 13.3. The third-order valence-electron chi connectivity index (χ3n) is 8.68. The largest absolute Gasteiger partial charge is 0.393 e. The van der Waals surface area contributed by atoms with E-state index >= 15 is 0 Å². The Bertz CT molecular complexity index is 875. The average molecular weight is 370 g/mol. The fraction of sp³-hybridized carbons (Fsp3) is 0.667. The van der Waals surface area contributed by atoms with Crippen molar-refractivity contribution in [1.82, 2.24) is 4.90 Å². The molecule has 5 aliphatic rings. The summed E-state index contributed by atoms with van der Waals surface area (Å²) < 4.78 is 6.81. The molecule has 1 aromatic rings. The number of hydrogen-bond acceptors (Lipinski definition) is 5. The molecule has 27 heavy (non-hydrogen) atoms. The molecule has 2 bridgehead atoms. The zero-order valence-corrected chi connectivity index (χ0v) is 15.8. The summed E-state index contributed by atoms with van der Waals surface area (Å²) in [6.07, 6.45) is 1.98. The Morgan fingerprint density at radius 1 is 1.33 bits per heavy atom. The Morgan fingerprint density at radius 3 is 2.85 bits per heavy atom. The smallest absolute Gasteiger partial charge is 0.226 e. The van der Waals surface area contributed by atoms with Crippen LogP contribution in [0.3, 0.4) is 0 Å². The van der Waals surface area contributed by atoms with Gasteiger partial charge in [-0.2, -0.15) is 0 Å². The third-order valence-corrected chi connectivity index (χ3v) is 8.68. The van der Waals surface area contributed by atoms with E-state index in [4.69, 9.17) is 4.74 Å². The van der Waals surface area contributed by atoms with Crippen molar-refractivity contribution in [3.8, 4) is 0 Å². The molecule has 1 amide bonds. The van der Waals surface area contributed by atoms with Crippen molar-refractivity contribution in [1.29, 1.82) is 0 Å². The van der Waals surface area contributed by atoms with Crippen LogP contribution >= 0.6 is 0 Å². The van der Waals surface area contributed by atoms with Crippen molar-refractivity contribution in [3.05, 3.63) is 29.8 Å². The zero-order valence-electron chi connectivity index (χ0n) is 15.8. The van der Waals surface area contributed by atoms with Gasteiger partial charge in [-0.1, -0.05) is 25.1 Å². The van der Waals surface area contributed by atoms with E-state index in [9.17, 15) is 15.0 Å². The van der Waals surface area contributed by atoms with Gasteiger partial charge in [-0.15, -0.1) is 0 Å². The van der Waals surface area contributed by atoms with E-state index in [0.29, 0.717) is 13.0 Å². The van der Waals surface area contributed by atoms with Gasteiger partial charge in [0.1, 0.15) is 5.60 Å². The molecular formula is C21H26N2O4. The minimum atomic E-state index is -1.08. The van der Waals surface area contributed by atoms with Crippen molar-refractivity contribution in [2.75, 3.05) is 25.1 Å². The van der Waals surface area contributed by atoms with Crippen LogP contribution in [0.2, 0.25) is 0 Å². The lowest BCUT2D eigenvalue weighted by atomic mass is 9.48. The molecule has 0 aromatic heterocycles. The minimum Gasteiger partial charge on any atom is -0.393 e. The standard InChI is InChI=1S/C21H26N2O4/c1-3-18-9-6-10-23-15(25)11-19-13-7-4-5-8-14(13)22(2)16(19)20(12-24,17(18)26)27-21(18,19)23/h4-5,7-8,16-17,24,26H,3,6,9-12H2,1-2H3/t16-,17+,18+,19+,20+,21+/m1/s1. The van der Waals surface area contributed by atoms with E-state index in [0.717, 1.165) is 30.5 Å². The highest BCUT2D eigenvalue weighted by Crippen LogP contribution is 2.79. The Balaban J connectivity index is 1.76. The second kappa shape index (κ2) is 4.50. The molecule has 0 saturated carbocycles. The molecule has 1 aromatic carbocycles. The second-order valence-electron chi connectivity index (χ2n) is 9.10. The van der Waals surface area contributed by atoms with Gasteiger partial charge in [-0.3, -0.25) is 4.79 Å². The highest BCUT2D eigenvalue weighted by molar-refractivity contribution is 5.88. The first kappa shape index (κ1) is 16.3. The normalized spacial score (nSPS) is 48.8. The van der Waals surface area contributed by atoms with Crippen molar-refractivity contribution >= 4 is 11.6 Å². The van der Waals surface area contributed by atoms with Crippen LogP contribution in [0.1, 0.15) is 38.2 Å². The van der Waals surface area contributed by atoms with Crippen molar-refractivity contribution in [2.24, 2.45) is 5.41 Å². The molecule has 4 saturated heterocycles. The summed E-state index contributed by atoms with van der Waals surface area (Å²) in [6, 6.07) is 7.98. The van der Waals surface area contributed by atoms with Crippen LogP contribution in [0.4, 0.5) is 5.69 Å². The molecule has 0 unspecified atom stereocenters. The molecule has 2 N–H and O–H groups in total. The molecule has 0 aliphatic carbocycles. The Kier molecular flexibility index (Phi) is 2.72. The summed E-state index contributed by atoms with van der Waals surface area (Å²) in [4.78, 5) is 17.4. The first-order valence-corrected chi connectivity index (χ1v) is 10.1. The fourth-order valence-corrected chi connectivity index (χ4v) is 8.06. The topological polar surface area (TPSA) is 73.2 Å². The first-order chi connectivity index (χ1) is 13.0. The summed E-state index contributed by atoms with van der Waals surface area (Å²) >= 11 is 0. The lowest BCUT2D eigenvalue weighted by Gasteiger charge is -2.59. The number of likely N-dealkylation sites (N-methyl/N-ethyl adjacent to an activating group) is 1. The van der Waals surface area contributed by atoms with Gasteiger partial charge in [0, 0.05) is 31.1 Å². The van der Waals surface area contributed by atoms with Crippen molar-refractivity contribution in [3.63, 3.8) is 0 Å². The van der Waals surface area contributed by atoms with Gasteiger partial charge in [0.05, 0.1) is 24.2 Å². The lowest BCUT2D eigenvalue weighted by molar-refractivity contribution is -0.210. The number of nitrogens with zero attached hydrogens (tertiary/aromatic N) is 2. The molecule has 6 heteroatoms. The summed E-state index contributed by atoms with van der Waals surface area (Å²) in [5.41, 5.74) is -0.828. The second-order valence-corrected chi connectivity index (χ2v) is 9.10. The van der Waals surface area contributed by atoms with Gasteiger partial charge < -0.3 is 24.7 Å². The van der Waals surface area contributed by atoms with Gasteiger partial charge in [-0.05, 0) is 30.9 Å². The van der Waals surface area contributed by atoms with Gasteiger partial charge in [-0.25, -0.2) is 0 Å². The summed E-state index contributed by atoms with van der Waals surface area (Å²) in [7, 11) is 2.01. The predicted molar refractivity (Wildman–Crippen MR) is 98.2 cm³/mol. The van der Waals surface area contributed by atoms with Crippen molar-refractivity contribution in [2.45, 2.75) is 61.5 Å². The molecule has 6 nitrogen and oxygen atoms in total. The number of carbonyl (C=O) groups is 1. The number of benzene rings is 1. The van der Waals surface area contributed by atoms with Crippen molar-refractivity contribution < 1.29 is 19.7 Å². The summed E-state index contributed by atoms with van der Waals surface area (Å²) in [5, 5.41) is 22.2. The summed E-state index contributed by atoms with van der Waals surface area (Å²) in [6.45, 7) is 2.51. The van der Waals surface area contributed by atoms with Crippen LogP contribution < -0.4 is 4.90 Å². The predicted octanol–water partition coefficient (Wildman–Crippen LogP) is 0.997. The average Bonchev–Trinajstić information content (AvgIpc) is 3.28. The molecule has 4 fully saturated rings. The molecular weight excluding hydrogens is 344 g/mol. The van der Waals surface area contributed by atoms with Gasteiger partial charge in [0.25, 0.3) is 0 Å². The Hall–Kier alpha value is -1.63. The molecule has 2 spiro atoms. The lowest BCUT2D eigenvalue weighted by Crippen LogP contribution is -2.75. The van der Waals surface area contributed by atoms with Gasteiger partial charge in [0.2, 0.25) is 5.91 Å². The number of anilines is 1. The van der Waals surface area contributed by atoms with E-state index in [1.807, 2.05) is 24.1 Å². The van der Waals surface area contributed by atoms with Crippen LogP contribution in [0, 0.1) is 5.41 Å². The first-order valence-electron chi connectivity index (χ1n) is 10.1. The Labute approximate surface area is 158 Å². The minimum absolute atomic E-state index is 0.114. The van der Waals surface area contributed by atoms with E-state index in [-0.39, 0.29) is 18.6 Å². The molecule has 5 aliphatic heterocycles. The number of aliphatic hydroxyl groups is 2. The number of amides is 1. The number of rotatable bonds is 2. The zero-order chi connectivity index (χ0) is 18.8. The highest BCUT2D eigenvalue weighted by Gasteiger charge is 2.93. The van der Waals surface area contributed by atoms with Crippen LogP contribution in [0.25, 0.3) is 0 Å². The number of aliphatic hydroxyl groups excluding tert-OH is 2. The van der Waals surface area contributed by atoms with Gasteiger partial charge in [0.15, 0.2) is 5.72 Å². The maximum absolute atomic E-state index is 13.3. The quantitative estimate of drug-likeness (QED) is 0.813. The summed E-state index contributed by atoms with van der Waals surface area (Å²) in [5.74, 6) is 0.114. The van der Waals surface area contributed by atoms with Crippen LogP contribution in [-0.2, 0) is 14.9 Å². The van der Waals surface area contributed by atoms with E-state index in [1.165, 1.54) is 0 Å². The number of ether oxygens (including phenoxy) is 1. The molecule has 144 valence electrons. The molecule has 0 radical (unpaired) electrons. The monoisotopic (exact) mass is 370 g/mol. The number of fused-ring (bicyclic) bond motifs is 3. The van der Waals surface area contributed by atoms with Gasteiger partial charge >= 0.3 is 0 Å². The van der Waals surface area contributed by atoms with E-state index < -0.39 is 28.3 Å². The molecule has 5 heterocycles. The third kappa shape index (κ3) is 1.24. The number of hydrogen-bond donors (Lipinski definition) is 2. The van der Waals surface area contributed by atoms with Crippen LogP contribution in [0.15, 0.2) is 24.3 Å². The maximum Gasteiger partial charge on any atom is 0.226 e.